The number of hydrogen-bond donors (Lipinski definition) is 2. The summed E-state index contributed by atoms with van der Waals surface area (Å²) < 4.78 is 1.81. The maximum atomic E-state index is 5.14. The number of unbranched alkanes of at least 4 members (excludes halogenated alkanes) is 1. The molecule has 0 aliphatic heterocycles. The zero-order valence-corrected chi connectivity index (χ0v) is 10.8. The van der Waals surface area contributed by atoms with Gasteiger partial charge in [-0.2, -0.15) is 5.10 Å². The Balaban J connectivity index is 2.08. The van der Waals surface area contributed by atoms with Crippen LogP contribution in [0.3, 0.4) is 0 Å². The van der Waals surface area contributed by atoms with Crippen molar-refractivity contribution in [1.82, 2.24) is 20.4 Å². The minimum Gasteiger partial charge on any atom is -0.363 e. The Morgan fingerprint density at radius 3 is 2.81 bits per heavy atom. The summed E-state index contributed by atoms with van der Waals surface area (Å²) in [6.45, 7) is 3.94. The Kier molecular flexibility index (Phi) is 5.85. The Morgan fingerprint density at radius 1 is 1.44 bits per heavy atom. The first-order chi connectivity index (χ1) is 7.72. The summed E-state index contributed by atoms with van der Waals surface area (Å²) in [6.07, 6.45) is 5.19. The predicted molar refractivity (Wildman–Crippen MR) is 70.4 cm³/mol. The molecule has 0 aliphatic rings. The van der Waals surface area contributed by atoms with Crippen molar-refractivity contribution in [1.29, 1.82) is 0 Å². The van der Waals surface area contributed by atoms with Crippen LogP contribution < -0.4 is 10.6 Å². The highest BCUT2D eigenvalue weighted by molar-refractivity contribution is 7.80. The molecule has 0 saturated heterocycles. The molecule has 0 bridgehead atoms. The first-order valence-electron chi connectivity index (χ1n) is 5.72. The number of hydrogen-bond acceptors (Lipinski definition) is 2. The van der Waals surface area contributed by atoms with Gasteiger partial charge < -0.3 is 10.6 Å². The maximum absolute atomic E-state index is 5.14. The van der Waals surface area contributed by atoms with Crippen molar-refractivity contribution in [2.45, 2.75) is 26.2 Å². The summed E-state index contributed by atoms with van der Waals surface area (Å²) in [5, 5.41) is 11.4. The van der Waals surface area contributed by atoms with Gasteiger partial charge in [-0.05, 0) is 24.7 Å². The molecule has 5 heteroatoms. The number of nitrogens with zero attached hydrogens (tertiary/aromatic N) is 2. The van der Waals surface area contributed by atoms with Gasteiger partial charge in [0.25, 0.3) is 0 Å². The fourth-order valence-corrected chi connectivity index (χ4v) is 1.55. The zero-order chi connectivity index (χ0) is 11.8. The molecule has 0 radical (unpaired) electrons. The van der Waals surface area contributed by atoms with Crippen molar-refractivity contribution < 1.29 is 0 Å². The minimum absolute atomic E-state index is 0.740. The summed E-state index contributed by atoms with van der Waals surface area (Å²) in [5.41, 5.74) is 1.09. The lowest BCUT2D eigenvalue weighted by Crippen LogP contribution is -2.36. The van der Waals surface area contributed by atoms with Crippen molar-refractivity contribution in [3.05, 3.63) is 18.0 Å². The van der Waals surface area contributed by atoms with Gasteiger partial charge in [-0.15, -0.1) is 0 Å². The lowest BCUT2D eigenvalue weighted by atomic mass is 10.3. The van der Waals surface area contributed by atoms with Crippen molar-refractivity contribution in [2.75, 3.05) is 13.1 Å². The van der Waals surface area contributed by atoms with E-state index in [4.69, 9.17) is 12.2 Å². The standard InChI is InChI=1S/C11H20N4S/c1-3-4-7-12-11(16)13-8-5-10-6-9-15(2)14-10/h6,9H,3-5,7-8H2,1-2H3,(H2,12,13,16). The second-order valence-corrected chi connectivity index (χ2v) is 4.18. The van der Waals surface area contributed by atoms with Crippen molar-refractivity contribution in [3.8, 4) is 0 Å². The molecule has 0 spiro atoms. The van der Waals surface area contributed by atoms with E-state index in [1.54, 1.807) is 0 Å². The minimum atomic E-state index is 0.740. The Hall–Kier alpha value is -1.10. The molecule has 16 heavy (non-hydrogen) atoms. The number of rotatable bonds is 6. The maximum Gasteiger partial charge on any atom is 0.166 e. The monoisotopic (exact) mass is 240 g/mol. The van der Waals surface area contributed by atoms with E-state index in [2.05, 4.69) is 22.7 Å². The molecule has 0 atom stereocenters. The largest absolute Gasteiger partial charge is 0.363 e. The van der Waals surface area contributed by atoms with Crippen LogP contribution in [-0.4, -0.2) is 28.0 Å². The van der Waals surface area contributed by atoms with Crippen LogP contribution in [0.1, 0.15) is 25.5 Å². The van der Waals surface area contributed by atoms with Crippen LogP contribution >= 0.6 is 12.2 Å². The molecular formula is C11H20N4S. The van der Waals surface area contributed by atoms with Crippen LogP contribution in [-0.2, 0) is 13.5 Å². The van der Waals surface area contributed by atoms with Gasteiger partial charge >= 0.3 is 0 Å². The van der Waals surface area contributed by atoms with Crippen LogP contribution in [0, 0.1) is 0 Å². The highest BCUT2D eigenvalue weighted by Crippen LogP contribution is 1.93. The molecule has 4 nitrogen and oxygen atoms in total. The first-order valence-corrected chi connectivity index (χ1v) is 6.13. The topological polar surface area (TPSA) is 41.9 Å². The third kappa shape index (κ3) is 5.11. The molecule has 1 aromatic rings. The van der Waals surface area contributed by atoms with Crippen molar-refractivity contribution in [3.63, 3.8) is 0 Å². The first kappa shape index (κ1) is 13.0. The molecule has 1 rings (SSSR count). The van der Waals surface area contributed by atoms with Crippen LogP contribution in [0.25, 0.3) is 0 Å². The van der Waals surface area contributed by atoms with Crippen LogP contribution in [0.4, 0.5) is 0 Å². The average molecular weight is 240 g/mol. The molecule has 0 aromatic carbocycles. The second kappa shape index (κ2) is 7.22. The van der Waals surface area contributed by atoms with E-state index < -0.39 is 0 Å². The summed E-state index contributed by atoms with van der Waals surface area (Å²) in [5.74, 6) is 0. The molecule has 1 aromatic heterocycles. The molecule has 0 fully saturated rings. The van der Waals surface area contributed by atoms with E-state index >= 15 is 0 Å². The number of aromatic nitrogens is 2. The number of nitrogens with one attached hydrogen (secondary N) is 2. The number of aryl methyl sites for hydroxylation is 1. The molecule has 0 aliphatic carbocycles. The van der Waals surface area contributed by atoms with E-state index in [-0.39, 0.29) is 0 Å². The van der Waals surface area contributed by atoms with Crippen LogP contribution in [0.15, 0.2) is 12.3 Å². The van der Waals surface area contributed by atoms with Crippen molar-refractivity contribution >= 4 is 17.3 Å². The van der Waals surface area contributed by atoms with E-state index in [0.717, 1.165) is 36.7 Å². The second-order valence-electron chi connectivity index (χ2n) is 3.77. The van der Waals surface area contributed by atoms with Gasteiger partial charge in [0.2, 0.25) is 0 Å². The van der Waals surface area contributed by atoms with Gasteiger partial charge in [0, 0.05) is 32.8 Å². The molecule has 0 saturated carbocycles. The molecule has 0 amide bonds. The zero-order valence-electron chi connectivity index (χ0n) is 9.99. The Morgan fingerprint density at radius 2 is 2.19 bits per heavy atom. The third-order valence-corrected chi connectivity index (χ3v) is 2.54. The van der Waals surface area contributed by atoms with Crippen LogP contribution in [0.2, 0.25) is 0 Å². The summed E-state index contributed by atoms with van der Waals surface area (Å²) in [7, 11) is 1.92. The van der Waals surface area contributed by atoms with Gasteiger partial charge in [-0.1, -0.05) is 13.3 Å². The van der Waals surface area contributed by atoms with E-state index in [0.29, 0.717) is 0 Å². The van der Waals surface area contributed by atoms with E-state index in [1.165, 1.54) is 6.42 Å². The quantitative estimate of drug-likeness (QED) is 0.580. The fourth-order valence-electron chi connectivity index (χ4n) is 1.34. The van der Waals surface area contributed by atoms with Gasteiger partial charge in [0.15, 0.2) is 5.11 Å². The average Bonchev–Trinajstić information content (AvgIpc) is 2.65. The van der Waals surface area contributed by atoms with Gasteiger partial charge in [0.1, 0.15) is 0 Å². The smallest absolute Gasteiger partial charge is 0.166 e. The summed E-state index contributed by atoms with van der Waals surface area (Å²) >= 11 is 5.14. The summed E-state index contributed by atoms with van der Waals surface area (Å²) in [6, 6.07) is 2.02. The molecular weight excluding hydrogens is 220 g/mol. The molecule has 2 N–H and O–H groups in total. The van der Waals surface area contributed by atoms with E-state index in [1.807, 2.05) is 24.0 Å². The highest BCUT2D eigenvalue weighted by Gasteiger charge is 1.97. The molecule has 1 heterocycles. The third-order valence-electron chi connectivity index (χ3n) is 2.25. The Labute approximate surface area is 102 Å². The lowest BCUT2D eigenvalue weighted by molar-refractivity contribution is 0.717. The van der Waals surface area contributed by atoms with Gasteiger partial charge in [-0.25, -0.2) is 0 Å². The Bertz CT molecular complexity index is 322. The predicted octanol–water partition coefficient (Wildman–Crippen LogP) is 1.23. The van der Waals surface area contributed by atoms with Crippen LogP contribution in [0.5, 0.6) is 0 Å². The number of thiocarbonyl (C=S) groups is 1. The fraction of sp³-hybridized carbons (Fsp3) is 0.636. The van der Waals surface area contributed by atoms with E-state index in [9.17, 15) is 0 Å². The van der Waals surface area contributed by atoms with Crippen molar-refractivity contribution in [2.24, 2.45) is 7.05 Å². The SMILES string of the molecule is CCCCNC(=S)NCCc1ccn(C)n1. The van der Waals surface area contributed by atoms with Gasteiger partial charge in [0.05, 0.1) is 5.69 Å². The molecule has 90 valence electrons. The highest BCUT2D eigenvalue weighted by atomic mass is 32.1. The lowest BCUT2D eigenvalue weighted by Gasteiger charge is -2.08. The van der Waals surface area contributed by atoms with Gasteiger partial charge in [-0.3, -0.25) is 4.68 Å². The normalized spacial score (nSPS) is 10.1. The summed E-state index contributed by atoms with van der Waals surface area (Å²) in [4.78, 5) is 0. The molecule has 0 unspecified atom stereocenters.